The molecule has 1 aromatic rings. The van der Waals surface area contributed by atoms with Crippen LogP contribution in [-0.4, -0.2) is 15.0 Å². The molecule has 3 N–H and O–H groups in total. The first-order valence-corrected chi connectivity index (χ1v) is 9.33. The number of nitrogens with one attached hydrogen (secondary N) is 1. The lowest BCUT2D eigenvalue weighted by Gasteiger charge is -2.33. The Balaban J connectivity index is 1.95. The minimum absolute atomic E-state index is 0.0247. The summed E-state index contributed by atoms with van der Waals surface area (Å²) in [6, 6.07) is 7.46. The first-order chi connectivity index (χ1) is 9.92. The molecule has 1 aliphatic rings. The minimum atomic E-state index is -3.29. The lowest BCUT2D eigenvalue weighted by atomic mass is 9.76. The predicted molar refractivity (Wildman–Crippen MR) is 86.2 cm³/mol. The molecule has 21 heavy (non-hydrogen) atoms. The summed E-state index contributed by atoms with van der Waals surface area (Å²) in [7, 11) is -3.29. The van der Waals surface area contributed by atoms with Gasteiger partial charge >= 0.3 is 0 Å². The van der Waals surface area contributed by atoms with E-state index in [0.29, 0.717) is 13.1 Å². The maximum Gasteiger partial charge on any atom is 0.215 e. The van der Waals surface area contributed by atoms with Gasteiger partial charge in [-0.15, -0.1) is 0 Å². The highest BCUT2D eigenvalue weighted by Crippen LogP contribution is 2.35. The quantitative estimate of drug-likeness (QED) is 0.848. The van der Waals surface area contributed by atoms with Crippen LogP contribution in [0.15, 0.2) is 24.3 Å². The molecular weight excluding hydrogens is 284 g/mol. The highest BCUT2D eigenvalue weighted by Gasteiger charge is 2.28. The molecule has 0 radical (unpaired) electrons. The molecule has 0 amide bonds. The first kappa shape index (κ1) is 16.5. The summed E-state index contributed by atoms with van der Waals surface area (Å²) in [5.41, 5.74) is 7.46. The Hall–Kier alpha value is -0.910. The van der Waals surface area contributed by atoms with Gasteiger partial charge in [-0.3, -0.25) is 0 Å². The lowest BCUT2D eigenvalue weighted by molar-refractivity contribution is 0.219. The van der Waals surface area contributed by atoms with E-state index < -0.39 is 10.0 Å². The van der Waals surface area contributed by atoms with E-state index in [4.69, 9.17) is 5.73 Å². The number of nitrogens with two attached hydrogens (primary N) is 1. The largest absolute Gasteiger partial charge is 0.326 e. The molecule has 1 aromatic carbocycles. The predicted octanol–water partition coefficient (Wildman–Crippen LogP) is 2.54. The highest BCUT2D eigenvalue weighted by atomic mass is 32.2. The lowest BCUT2D eigenvalue weighted by Crippen LogP contribution is -2.37. The number of rotatable bonds is 6. The second-order valence-electron chi connectivity index (χ2n) is 6.48. The van der Waals surface area contributed by atoms with Gasteiger partial charge < -0.3 is 5.73 Å². The SMILES string of the molecule is CC1(CNS(=O)(=O)Cc2cccc(CN)c2)CCCCC1. The van der Waals surface area contributed by atoms with Gasteiger partial charge in [-0.1, -0.05) is 50.5 Å². The smallest absolute Gasteiger partial charge is 0.215 e. The van der Waals surface area contributed by atoms with Gasteiger partial charge in [-0.25, -0.2) is 13.1 Å². The molecular formula is C16H26N2O2S. The third kappa shape index (κ3) is 5.09. The van der Waals surface area contributed by atoms with Gasteiger partial charge in [-0.2, -0.15) is 0 Å². The van der Waals surface area contributed by atoms with Crippen LogP contribution in [0, 0.1) is 5.41 Å². The van der Waals surface area contributed by atoms with Crippen LogP contribution in [0.1, 0.15) is 50.2 Å². The number of sulfonamides is 1. The molecule has 1 fully saturated rings. The summed E-state index contributed by atoms with van der Waals surface area (Å²) in [4.78, 5) is 0. The van der Waals surface area contributed by atoms with Crippen molar-refractivity contribution in [2.75, 3.05) is 6.54 Å². The molecule has 118 valence electrons. The zero-order valence-electron chi connectivity index (χ0n) is 12.8. The van der Waals surface area contributed by atoms with Crippen molar-refractivity contribution >= 4 is 10.0 Å². The van der Waals surface area contributed by atoms with E-state index in [0.717, 1.165) is 24.0 Å². The Labute approximate surface area is 128 Å². The molecule has 1 saturated carbocycles. The summed E-state index contributed by atoms with van der Waals surface area (Å²) in [6.07, 6.45) is 5.90. The molecule has 0 spiro atoms. The van der Waals surface area contributed by atoms with Crippen molar-refractivity contribution in [1.82, 2.24) is 4.72 Å². The van der Waals surface area contributed by atoms with E-state index in [1.165, 1.54) is 19.3 Å². The number of benzene rings is 1. The highest BCUT2D eigenvalue weighted by molar-refractivity contribution is 7.88. The summed E-state index contributed by atoms with van der Waals surface area (Å²) < 4.78 is 27.3. The van der Waals surface area contributed by atoms with Crippen molar-refractivity contribution in [3.63, 3.8) is 0 Å². The van der Waals surface area contributed by atoms with Crippen LogP contribution in [0.5, 0.6) is 0 Å². The van der Waals surface area contributed by atoms with Gasteiger partial charge in [0.25, 0.3) is 0 Å². The Morgan fingerprint density at radius 2 is 1.86 bits per heavy atom. The van der Waals surface area contributed by atoms with E-state index in [2.05, 4.69) is 11.6 Å². The van der Waals surface area contributed by atoms with Gasteiger partial charge in [0, 0.05) is 13.1 Å². The normalized spacial score (nSPS) is 18.6. The van der Waals surface area contributed by atoms with Crippen molar-refractivity contribution in [2.24, 2.45) is 11.1 Å². The average molecular weight is 310 g/mol. The molecule has 0 saturated heterocycles. The van der Waals surface area contributed by atoms with Crippen LogP contribution in [0.2, 0.25) is 0 Å². The molecule has 0 unspecified atom stereocenters. The van der Waals surface area contributed by atoms with Gasteiger partial charge in [0.05, 0.1) is 5.75 Å². The fourth-order valence-corrected chi connectivity index (χ4v) is 4.27. The fraction of sp³-hybridized carbons (Fsp3) is 0.625. The Bertz CT molecular complexity index is 563. The number of hydrogen-bond donors (Lipinski definition) is 2. The van der Waals surface area contributed by atoms with Crippen molar-refractivity contribution in [3.05, 3.63) is 35.4 Å². The Morgan fingerprint density at radius 3 is 2.52 bits per heavy atom. The molecule has 4 nitrogen and oxygen atoms in total. The van der Waals surface area contributed by atoms with Crippen LogP contribution in [0.25, 0.3) is 0 Å². The third-order valence-corrected chi connectivity index (χ3v) is 5.66. The zero-order chi connectivity index (χ0) is 15.3. The summed E-state index contributed by atoms with van der Waals surface area (Å²) in [6.45, 7) is 3.16. The van der Waals surface area contributed by atoms with Crippen molar-refractivity contribution in [2.45, 2.75) is 51.3 Å². The van der Waals surface area contributed by atoms with E-state index in [9.17, 15) is 8.42 Å². The van der Waals surface area contributed by atoms with E-state index in [-0.39, 0.29) is 11.2 Å². The van der Waals surface area contributed by atoms with E-state index in [1.807, 2.05) is 24.3 Å². The summed E-state index contributed by atoms with van der Waals surface area (Å²) in [5, 5.41) is 0. The maximum absolute atomic E-state index is 12.2. The summed E-state index contributed by atoms with van der Waals surface area (Å²) in [5.74, 6) is 0.0247. The van der Waals surface area contributed by atoms with Gasteiger partial charge in [0.2, 0.25) is 10.0 Å². The molecule has 2 rings (SSSR count). The van der Waals surface area contributed by atoms with Crippen LogP contribution in [-0.2, 0) is 22.3 Å². The van der Waals surface area contributed by atoms with E-state index >= 15 is 0 Å². The monoisotopic (exact) mass is 310 g/mol. The maximum atomic E-state index is 12.2. The molecule has 1 aliphatic carbocycles. The van der Waals surface area contributed by atoms with Gasteiger partial charge in [0.15, 0.2) is 0 Å². The van der Waals surface area contributed by atoms with Crippen molar-refractivity contribution in [1.29, 1.82) is 0 Å². The zero-order valence-corrected chi connectivity index (χ0v) is 13.6. The Kier molecular flexibility index (Phi) is 5.41. The molecule has 0 atom stereocenters. The minimum Gasteiger partial charge on any atom is -0.326 e. The topological polar surface area (TPSA) is 72.2 Å². The first-order valence-electron chi connectivity index (χ1n) is 7.68. The second kappa shape index (κ2) is 6.90. The third-order valence-electron chi connectivity index (χ3n) is 4.36. The van der Waals surface area contributed by atoms with Gasteiger partial charge in [-0.05, 0) is 29.4 Å². The molecule has 5 heteroatoms. The number of hydrogen-bond acceptors (Lipinski definition) is 3. The molecule has 0 bridgehead atoms. The van der Waals surface area contributed by atoms with Gasteiger partial charge in [0.1, 0.15) is 0 Å². The van der Waals surface area contributed by atoms with Crippen molar-refractivity contribution in [3.8, 4) is 0 Å². The average Bonchev–Trinajstić information content (AvgIpc) is 2.46. The molecule has 0 aliphatic heterocycles. The van der Waals surface area contributed by atoms with E-state index in [1.54, 1.807) is 0 Å². The van der Waals surface area contributed by atoms with Crippen LogP contribution >= 0.6 is 0 Å². The second-order valence-corrected chi connectivity index (χ2v) is 8.28. The van der Waals surface area contributed by atoms with Crippen LogP contribution < -0.4 is 10.5 Å². The fourth-order valence-electron chi connectivity index (χ4n) is 2.98. The molecule has 0 heterocycles. The van der Waals surface area contributed by atoms with Crippen molar-refractivity contribution < 1.29 is 8.42 Å². The molecule has 0 aromatic heterocycles. The summed E-state index contributed by atoms with van der Waals surface area (Å²) >= 11 is 0. The van der Waals surface area contributed by atoms with Crippen LogP contribution in [0.4, 0.5) is 0 Å². The standard InChI is InChI=1S/C16H26N2O2S/c1-16(8-3-2-4-9-16)13-18-21(19,20)12-15-7-5-6-14(10-15)11-17/h5-7,10,18H,2-4,8-9,11-13,17H2,1H3. The Morgan fingerprint density at radius 1 is 1.19 bits per heavy atom. The van der Waals surface area contributed by atoms with Crippen LogP contribution in [0.3, 0.4) is 0 Å².